The van der Waals surface area contributed by atoms with E-state index in [0.29, 0.717) is 6.42 Å². The molecule has 1 saturated carbocycles. The summed E-state index contributed by atoms with van der Waals surface area (Å²) >= 11 is 0. The molecule has 0 spiro atoms. The second kappa shape index (κ2) is 4.43. The van der Waals surface area contributed by atoms with Crippen molar-refractivity contribution in [1.29, 1.82) is 0 Å². The number of carbonyl (C=O) groups excluding carboxylic acids is 2. The maximum atomic E-state index is 12.5. The van der Waals surface area contributed by atoms with Gasteiger partial charge in [0, 0.05) is 0 Å². The molecule has 3 rings (SSSR count). The van der Waals surface area contributed by atoms with Crippen molar-refractivity contribution >= 4 is 17.8 Å². The smallest absolute Gasteiger partial charge is 0.326 e. The van der Waals surface area contributed by atoms with Gasteiger partial charge in [-0.2, -0.15) is 0 Å². The molecule has 5 heteroatoms. The van der Waals surface area contributed by atoms with Crippen LogP contribution < -0.4 is 0 Å². The van der Waals surface area contributed by atoms with E-state index in [9.17, 15) is 19.5 Å². The number of carbonyl (C=O) groups is 3. The second-order valence-electron chi connectivity index (χ2n) is 6.53. The molecule has 0 radical (unpaired) electrons. The van der Waals surface area contributed by atoms with Gasteiger partial charge in [-0.15, -0.1) is 0 Å². The summed E-state index contributed by atoms with van der Waals surface area (Å²) in [5.41, 5.74) is 0. The Balaban J connectivity index is 1.90. The molecule has 0 aromatic rings. The summed E-state index contributed by atoms with van der Waals surface area (Å²) in [5, 5.41) is 9.37. The van der Waals surface area contributed by atoms with Crippen LogP contribution >= 0.6 is 0 Å². The molecule has 108 valence electrons. The Morgan fingerprint density at radius 2 is 1.75 bits per heavy atom. The van der Waals surface area contributed by atoms with Crippen molar-refractivity contribution in [2.24, 2.45) is 29.6 Å². The summed E-state index contributed by atoms with van der Waals surface area (Å²) < 4.78 is 0. The summed E-state index contributed by atoms with van der Waals surface area (Å²) in [6.45, 7) is 3.79. The summed E-state index contributed by atoms with van der Waals surface area (Å²) in [5.74, 6) is -1.89. The number of nitrogens with zero attached hydrogens (tertiary/aromatic N) is 1. The molecule has 5 nitrogen and oxygen atoms in total. The minimum Gasteiger partial charge on any atom is -0.480 e. The van der Waals surface area contributed by atoms with Crippen molar-refractivity contribution in [3.05, 3.63) is 12.2 Å². The fourth-order valence-corrected chi connectivity index (χ4v) is 4.00. The molecule has 2 bridgehead atoms. The lowest BCUT2D eigenvalue weighted by atomic mass is 9.85. The Hall–Kier alpha value is -1.65. The molecule has 0 aromatic carbocycles. The number of rotatable bonds is 4. The summed E-state index contributed by atoms with van der Waals surface area (Å²) in [7, 11) is 0. The first-order valence-corrected chi connectivity index (χ1v) is 7.20. The molecule has 1 heterocycles. The molecule has 20 heavy (non-hydrogen) atoms. The van der Waals surface area contributed by atoms with E-state index in [2.05, 4.69) is 0 Å². The van der Waals surface area contributed by atoms with Crippen LogP contribution in [0, 0.1) is 29.6 Å². The summed E-state index contributed by atoms with van der Waals surface area (Å²) in [6.07, 6.45) is 5.20. The Kier molecular flexibility index (Phi) is 2.96. The van der Waals surface area contributed by atoms with Gasteiger partial charge >= 0.3 is 5.97 Å². The van der Waals surface area contributed by atoms with Gasteiger partial charge < -0.3 is 5.11 Å². The van der Waals surface area contributed by atoms with Crippen LogP contribution in [0.1, 0.15) is 26.7 Å². The van der Waals surface area contributed by atoms with E-state index in [1.807, 2.05) is 26.0 Å². The fourth-order valence-electron chi connectivity index (χ4n) is 4.00. The Labute approximate surface area is 117 Å². The van der Waals surface area contributed by atoms with Crippen LogP contribution in [-0.4, -0.2) is 33.8 Å². The van der Waals surface area contributed by atoms with E-state index in [-0.39, 0.29) is 41.4 Å². The van der Waals surface area contributed by atoms with Gasteiger partial charge in [0.15, 0.2) is 0 Å². The molecule has 0 aromatic heterocycles. The van der Waals surface area contributed by atoms with E-state index in [4.69, 9.17) is 0 Å². The van der Waals surface area contributed by atoms with Crippen LogP contribution in [0.2, 0.25) is 0 Å². The molecule has 1 aliphatic heterocycles. The van der Waals surface area contributed by atoms with Crippen LogP contribution in [0.25, 0.3) is 0 Å². The van der Waals surface area contributed by atoms with Crippen LogP contribution in [0.15, 0.2) is 12.2 Å². The van der Waals surface area contributed by atoms with Crippen molar-refractivity contribution in [1.82, 2.24) is 4.90 Å². The Morgan fingerprint density at radius 3 is 2.15 bits per heavy atom. The lowest BCUT2D eigenvalue weighted by Gasteiger charge is -2.25. The maximum absolute atomic E-state index is 12.5. The van der Waals surface area contributed by atoms with Gasteiger partial charge in [-0.05, 0) is 30.6 Å². The number of carboxylic acid groups (broad SMARTS) is 1. The zero-order chi connectivity index (χ0) is 14.6. The highest BCUT2D eigenvalue weighted by molar-refractivity contribution is 6.08. The Bertz CT molecular complexity index is 480. The third-order valence-corrected chi connectivity index (χ3v) is 4.80. The molecule has 3 aliphatic rings. The zero-order valence-corrected chi connectivity index (χ0v) is 11.7. The Morgan fingerprint density at radius 1 is 1.25 bits per heavy atom. The predicted molar refractivity (Wildman–Crippen MR) is 70.4 cm³/mol. The lowest BCUT2D eigenvalue weighted by molar-refractivity contribution is -0.156. The fraction of sp³-hybridized carbons (Fsp3) is 0.667. The van der Waals surface area contributed by atoms with Gasteiger partial charge in [0.25, 0.3) is 0 Å². The van der Waals surface area contributed by atoms with Crippen LogP contribution in [0.4, 0.5) is 0 Å². The number of amides is 2. The largest absolute Gasteiger partial charge is 0.480 e. The summed E-state index contributed by atoms with van der Waals surface area (Å²) in [4.78, 5) is 37.5. The molecule has 2 amide bonds. The lowest BCUT2D eigenvalue weighted by Crippen LogP contribution is -2.47. The highest BCUT2D eigenvalue weighted by Crippen LogP contribution is 2.53. The average Bonchev–Trinajstić information content (AvgIpc) is 3.01. The molecule has 2 aliphatic carbocycles. The molecule has 1 N–H and O–H groups in total. The highest BCUT2D eigenvalue weighted by atomic mass is 16.4. The quantitative estimate of drug-likeness (QED) is 0.620. The van der Waals surface area contributed by atoms with Crippen LogP contribution in [0.3, 0.4) is 0 Å². The number of imide groups is 1. The summed E-state index contributed by atoms with van der Waals surface area (Å²) in [6, 6.07) is -1.01. The number of carboxylic acids is 1. The van der Waals surface area contributed by atoms with Gasteiger partial charge in [0.2, 0.25) is 11.8 Å². The van der Waals surface area contributed by atoms with Crippen molar-refractivity contribution in [2.45, 2.75) is 32.7 Å². The monoisotopic (exact) mass is 277 g/mol. The number of likely N-dealkylation sites (tertiary alicyclic amines) is 1. The number of aliphatic carboxylic acids is 1. The maximum Gasteiger partial charge on any atom is 0.326 e. The predicted octanol–water partition coefficient (Wildman–Crippen LogP) is 1.29. The van der Waals surface area contributed by atoms with Gasteiger partial charge in [0.05, 0.1) is 11.8 Å². The minimum absolute atomic E-state index is 0.118. The number of hydrogen-bond acceptors (Lipinski definition) is 3. The third-order valence-electron chi connectivity index (χ3n) is 4.80. The average molecular weight is 277 g/mol. The molecule has 2 fully saturated rings. The first kappa shape index (κ1) is 13.3. The second-order valence-corrected chi connectivity index (χ2v) is 6.53. The number of fused-ring (bicyclic) bond motifs is 5. The highest BCUT2D eigenvalue weighted by Gasteiger charge is 2.61. The zero-order valence-electron chi connectivity index (χ0n) is 11.7. The van der Waals surface area contributed by atoms with Crippen molar-refractivity contribution in [2.75, 3.05) is 0 Å². The minimum atomic E-state index is -1.08. The first-order chi connectivity index (χ1) is 9.41. The van der Waals surface area contributed by atoms with E-state index in [1.54, 1.807) is 0 Å². The molecule has 5 atom stereocenters. The van der Waals surface area contributed by atoms with E-state index in [0.717, 1.165) is 11.3 Å². The van der Waals surface area contributed by atoms with Gasteiger partial charge in [0.1, 0.15) is 6.04 Å². The molecular weight excluding hydrogens is 258 g/mol. The SMILES string of the molecule is CC(C)C[C@H](C(=O)O)N1C(=O)[C@@H]2[C@H](C1=O)[C@@H]1C=C[C@H]2C1. The first-order valence-electron chi connectivity index (χ1n) is 7.20. The molecular formula is C15H19NO4. The van der Waals surface area contributed by atoms with Crippen LogP contribution in [-0.2, 0) is 14.4 Å². The van der Waals surface area contributed by atoms with Gasteiger partial charge in [-0.25, -0.2) is 4.79 Å². The standard InChI is InChI=1S/C15H19NO4/c1-7(2)5-10(15(19)20)16-13(17)11-8-3-4-9(6-8)12(11)14(16)18/h3-4,7-12H,5-6H2,1-2H3,(H,19,20)/t8-,9+,10-,11-,12+/m1/s1. The molecule has 1 saturated heterocycles. The van der Waals surface area contributed by atoms with E-state index < -0.39 is 12.0 Å². The number of hydrogen-bond donors (Lipinski definition) is 1. The van der Waals surface area contributed by atoms with Crippen molar-refractivity contribution in [3.63, 3.8) is 0 Å². The van der Waals surface area contributed by atoms with Crippen molar-refractivity contribution in [3.8, 4) is 0 Å². The molecule has 0 unspecified atom stereocenters. The van der Waals surface area contributed by atoms with Gasteiger partial charge in [-0.1, -0.05) is 26.0 Å². The van der Waals surface area contributed by atoms with Crippen LogP contribution in [0.5, 0.6) is 0 Å². The van der Waals surface area contributed by atoms with E-state index >= 15 is 0 Å². The third kappa shape index (κ3) is 1.72. The normalized spacial score (nSPS) is 36.0. The van der Waals surface area contributed by atoms with E-state index in [1.165, 1.54) is 0 Å². The topological polar surface area (TPSA) is 74.7 Å². The van der Waals surface area contributed by atoms with Gasteiger partial charge in [-0.3, -0.25) is 14.5 Å². The number of allylic oxidation sites excluding steroid dienone is 2. The van der Waals surface area contributed by atoms with Crippen molar-refractivity contribution < 1.29 is 19.5 Å².